The summed E-state index contributed by atoms with van der Waals surface area (Å²) in [6, 6.07) is 2.80. The van der Waals surface area contributed by atoms with Gasteiger partial charge in [-0.3, -0.25) is 0 Å². The lowest BCUT2D eigenvalue weighted by Crippen LogP contribution is -2.29. The molecular formula is C18H28Cl2O5. The summed E-state index contributed by atoms with van der Waals surface area (Å²) in [7, 11) is 0. The van der Waals surface area contributed by atoms with E-state index in [0.717, 1.165) is 12.8 Å². The van der Waals surface area contributed by atoms with Crippen LogP contribution in [0.5, 0.6) is 11.5 Å². The number of ether oxygens (including phenoxy) is 4. The fourth-order valence-corrected chi connectivity index (χ4v) is 2.65. The second-order valence-corrected chi connectivity index (χ2v) is 6.98. The number of phenolic OH excluding ortho intramolecular Hbond substituents is 1. The SMILES string of the molecule is CC(C)OC(COCCCCOc1c(Cl)cc(O)cc1Cl)OC(C)C. The largest absolute Gasteiger partial charge is 0.508 e. The molecule has 0 aliphatic heterocycles. The third-order valence-electron chi connectivity index (χ3n) is 3.01. The first kappa shape index (κ1) is 22.3. The summed E-state index contributed by atoms with van der Waals surface area (Å²) in [6.45, 7) is 9.30. The van der Waals surface area contributed by atoms with Crippen molar-refractivity contribution in [2.75, 3.05) is 19.8 Å². The van der Waals surface area contributed by atoms with Gasteiger partial charge in [0.15, 0.2) is 12.0 Å². The van der Waals surface area contributed by atoms with E-state index in [0.29, 0.717) is 35.6 Å². The highest BCUT2D eigenvalue weighted by atomic mass is 35.5. The van der Waals surface area contributed by atoms with Crippen molar-refractivity contribution in [1.29, 1.82) is 0 Å². The van der Waals surface area contributed by atoms with Crippen molar-refractivity contribution in [2.24, 2.45) is 0 Å². The van der Waals surface area contributed by atoms with E-state index >= 15 is 0 Å². The highest BCUT2D eigenvalue weighted by molar-refractivity contribution is 6.37. The first-order valence-electron chi connectivity index (χ1n) is 8.49. The molecule has 0 radical (unpaired) electrons. The molecule has 0 amide bonds. The monoisotopic (exact) mass is 394 g/mol. The summed E-state index contributed by atoms with van der Waals surface area (Å²) < 4.78 is 22.5. The van der Waals surface area contributed by atoms with Crippen molar-refractivity contribution in [1.82, 2.24) is 0 Å². The molecule has 1 N–H and O–H groups in total. The van der Waals surface area contributed by atoms with Crippen LogP contribution in [-0.4, -0.2) is 43.4 Å². The number of unbranched alkanes of at least 4 members (excludes halogenated alkanes) is 1. The topological polar surface area (TPSA) is 57.2 Å². The average Bonchev–Trinajstić information content (AvgIpc) is 2.46. The Kier molecular flexibility index (Phi) is 10.5. The standard InChI is InChI=1S/C18H28Cl2O5/c1-12(2)24-17(25-13(3)4)11-22-7-5-6-8-23-18-15(19)9-14(21)10-16(18)20/h9-10,12-13,17,21H,5-8,11H2,1-4H3. The molecule has 0 heterocycles. The minimum atomic E-state index is -0.356. The molecule has 0 unspecified atom stereocenters. The van der Waals surface area contributed by atoms with Gasteiger partial charge in [0, 0.05) is 18.7 Å². The van der Waals surface area contributed by atoms with Crippen LogP contribution in [0.4, 0.5) is 0 Å². The molecule has 1 aromatic carbocycles. The minimum Gasteiger partial charge on any atom is -0.508 e. The van der Waals surface area contributed by atoms with Crippen LogP contribution in [0, 0.1) is 0 Å². The second kappa shape index (κ2) is 11.8. The Morgan fingerprint density at radius 2 is 1.44 bits per heavy atom. The molecule has 0 aliphatic rings. The van der Waals surface area contributed by atoms with Gasteiger partial charge < -0.3 is 24.1 Å². The summed E-state index contributed by atoms with van der Waals surface area (Å²) >= 11 is 12.0. The average molecular weight is 395 g/mol. The predicted octanol–water partition coefficient (Wildman–Crippen LogP) is 5.05. The number of benzene rings is 1. The van der Waals surface area contributed by atoms with Gasteiger partial charge in [-0.15, -0.1) is 0 Å². The molecular weight excluding hydrogens is 367 g/mol. The van der Waals surface area contributed by atoms with Crippen LogP contribution >= 0.6 is 23.2 Å². The van der Waals surface area contributed by atoms with Gasteiger partial charge in [-0.2, -0.15) is 0 Å². The van der Waals surface area contributed by atoms with Gasteiger partial charge in [0.25, 0.3) is 0 Å². The van der Waals surface area contributed by atoms with E-state index in [1.165, 1.54) is 12.1 Å². The molecule has 5 nitrogen and oxygen atoms in total. The molecule has 0 saturated heterocycles. The van der Waals surface area contributed by atoms with E-state index in [9.17, 15) is 5.11 Å². The van der Waals surface area contributed by atoms with Crippen molar-refractivity contribution in [3.05, 3.63) is 22.2 Å². The van der Waals surface area contributed by atoms with Crippen LogP contribution in [0.25, 0.3) is 0 Å². The zero-order valence-corrected chi connectivity index (χ0v) is 16.8. The Morgan fingerprint density at radius 3 is 1.96 bits per heavy atom. The third-order valence-corrected chi connectivity index (χ3v) is 3.58. The molecule has 7 heteroatoms. The fraction of sp³-hybridized carbons (Fsp3) is 0.667. The van der Waals surface area contributed by atoms with E-state index < -0.39 is 0 Å². The second-order valence-electron chi connectivity index (χ2n) is 6.17. The van der Waals surface area contributed by atoms with Gasteiger partial charge in [0.2, 0.25) is 0 Å². The molecule has 0 spiro atoms. The van der Waals surface area contributed by atoms with Crippen LogP contribution in [0.15, 0.2) is 12.1 Å². The summed E-state index contributed by atoms with van der Waals surface area (Å²) in [5, 5.41) is 9.96. The molecule has 1 aromatic rings. The quantitative estimate of drug-likeness (QED) is 0.396. The lowest BCUT2D eigenvalue weighted by Gasteiger charge is -2.22. The lowest BCUT2D eigenvalue weighted by molar-refractivity contribution is -0.204. The van der Waals surface area contributed by atoms with E-state index in [4.69, 9.17) is 42.1 Å². The zero-order chi connectivity index (χ0) is 18.8. The molecule has 144 valence electrons. The summed E-state index contributed by atoms with van der Waals surface area (Å²) in [4.78, 5) is 0. The number of aromatic hydroxyl groups is 1. The first-order valence-corrected chi connectivity index (χ1v) is 9.24. The lowest BCUT2D eigenvalue weighted by atomic mass is 10.3. The number of rotatable bonds is 12. The van der Waals surface area contributed by atoms with Gasteiger partial charge in [-0.25, -0.2) is 0 Å². The molecule has 0 aromatic heterocycles. The van der Waals surface area contributed by atoms with Gasteiger partial charge >= 0.3 is 0 Å². The van der Waals surface area contributed by atoms with Crippen LogP contribution in [0.1, 0.15) is 40.5 Å². The normalized spacial score (nSPS) is 11.7. The van der Waals surface area contributed by atoms with Crippen LogP contribution in [-0.2, 0) is 14.2 Å². The maximum atomic E-state index is 9.38. The Bertz CT molecular complexity index is 475. The number of phenols is 1. The molecule has 0 atom stereocenters. The van der Waals surface area contributed by atoms with Crippen LogP contribution in [0.3, 0.4) is 0 Å². The Balaban J connectivity index is 2.21. The van der Waals surface area contributed by atoms with Crippen molar-refractivity contribution in [3.8, 4) is 11.5 Å². The molecule has 25 heavy (non-hydrogen) atoms. The van der Waals surface area contributed by atoms with Crippen LogP contribution < -0.4 is 4.74 Å². The van der Waals surface area contributed by atoms with Crippen molar-refractivity contribution in [2.45, 2.75) is 59.0 Å². The maximum absolute atomic E-state index is 9.38. The Hall–Kier alpha value is -0.720. The highest BCUT2D eigenvalue weighted by Gasteiger charge is 2.14. The minimum absolute atomic E-state index is 0.0116. The van der Waals surface area contributed by atoms with Gasteiger partial charge in [-0.1, -0.05) is 23.2 Å². The Labute approximate surface area is 160 Å². The number of halogens is 2. The number of hydrogen-bond acceptors (Lipinski definition) is 5. The van der Waals surface area contributed by atoms with E-state index in [1.54, 1.807) is 0 Å². The van der Waals surface area contributed by atoms with Gasteiger partial charge in [-0.05, 0) is 40.5 Å². The molecule has 0 fully saturated rings. The maximum Gasteiger partial charge on any atom is 0.181 e. The zero-order valence-electron chi connectivity index (χ0n) is 15.3. The molecule has 0 bridgehead atoms. The number of hydrogen-bond donors (Lipinski definition) is 1. The predicted molar refractivity (Wildman–Crippen MR) is 99.9 cm³/mol. The Morgan fingerprint density at radius 1 is 0.920 bits per heavy atom. The van der Waals surface area contributed by atoms with E-state index in [-0.39, 0.29) is 24.2 Å². The third kappa shape index (κ3) is 9.52. The summed E-state index contributed by atoms with van der Waals surface area (Å²) in [5.74, 6) is 0.398. The van der Waals surface area contributed by atoms with Gasteiger partial charge in [0.1, 0.15) is 5.75 Å². The summed E-state index contributed by atoms with van der Waals surface area (Å²) in [6.07, 6.45) is 1.42. The molecule has 0 saturated carbocycles. The smallest absolute Gasteiger partial charge is 0.181 e. The van der Waals surface area contributed by atoms with Gasteiger partial charge in [0.05, 0.1) is 35.5 Å². The van der Waals surface area contributed by atoms with E-state index in [1.807, 2.05) is 27.7 Å². The molecule has 1 rings (SSSR count). The fourth-order valence-electron chi connectivity index (χ4n) is 2.06. The molecule has 0 aliphatic carbocycles. The van der Waals surface area contributed by atoms with Crippen molar-refractivity contribution in [3.63, 3.8) is 0 Å². The highest BCUT2D eigenvalue weighted by Crippen LogP contribution is 2.36. The first-order chi connectivity index (χ1) is 11.8. The van der Waals surface area contributed by atoms with Crippen molar-refractivity contribution < 1.29 is 24.1 Å². The van der Waals surface area contributed by atoms with Crippen LogP contribution in [0.2, 0.25) is 10.0 Å². The summed E-state index contributed by atoms with van der Waals surface area (Å²) in [5.41, 5.74) is 0. The van der Waals surface area contributed by atoms with E-state index in [2.05, 4.69) is 0 Å². The van der Waals surface area contributed by atoms with Crippen molar-refractivity contribution >= 4 is 23.2 Å².